The minimum atomic E-state index is -2.72. The van der Waals surface area contributed by atoms with E-state index in [0.717, 1.165) is 6.07 Å². The molecule has 0 saturated heterocycles. The Morgan fingerprint density at radius 2 is 2.08 bits per heavy atom. The topological polar surface area (TPSA) is 12.9 Å². The molecule has 1 rings (SSSR count). The first-order chi connectivity index (χ1) is 5.52. The van der Waals surface area contributed by atoms with Crippen LogP contribution in [0.3, 0.4) is 0 Å². The van der Waals surface area contributed by atoms with E-state index in [-0.39, 0.29) is 3.57 Å². The standard InChI is InChI=1S/C6H2ClF3IN/c7-4-2(5(8)9)1-3(11)6(10)12-4/h1,5H. The molecule has 0 bridgehead atoms. The van der Waals surface area contributed by atoms with E-state index in [4.69, 9.17) is 11.6 Å². The molecule has 0 aliphatic rings. The molecule has 0 aliphatic heterocycles. The van der Waals surface area contributed by atoms with Crippen LogP contribution in [-0.4, -0.2) is 4.98 Å². The molecule has 6 heteroatoms. The first-order valence-corrected chi connectivity index (χ1v) is 4.27. The minimum absolute atomic E-state index is 0.0345. The van der Waals surface area contributed by atoms with E-state index < -0.39 is 23.1 Å². The molecule has 1 aromatic rings. The van der Waals surface area contributed by atoms with Crippen molar-refractivity contribution in [1.82, 2.24) is 4.98 Å². The van der Waals surface area contributed by atoms with E-state index in [0.29, 0.717) is 0 Å². The van der Waals surface area contributed by atoms with E-state index in [1.807, 2.05) is 0 Å². The zero-order valence-corrected chi connectivity index (χ0v) is 8.41. The third-order valence-electron chi connectivity index (χ3n) is 1.15. The normalized spacial score (nSPS) is 10.8. The third kappa shape index (κ3) is 2.01. The Labute approximate surface area is 85.1 Å². The summed E-state index contributed by atoms with van der Waals surface area (Å²) < 4.78 is 36.8. The molecule has 1 aromatic heterocycles. The van der Waals surface area contributed by atoms with Gasteiger partial charge in [0.15, 0.2) is 0 Å². The third-order valence-corrected chi connectivity index (χ3v) is 2.21. The smallest absolute Gasteiger partial charge is 0.206 e. The second-order valence-electron chi connectivity index (χ2n) is 1.94. The van der Waals surface area contributed by atoms with Gasteiger partial charge in [-0.15, -0.1) is 0 Å². The quantitative estimate of drug-likeness (QED) is 0.572. The molecule has 66 valence electrons. The summed E-state index contributed by atoms with van der Waals surface area (Å²) in [5.41, 5.74) is -0.442. The van der Waals surface area contributed by atoms with Gasteiger partial charge in [-0.05, 0) is 28.7 Å². The number of aromatic nitrogens is 1. The molecule has 0 saturated carbocycles. The summed E-state index contributed by atoms with van der Waals surface area (Å²) in [4.78, 5) is 3.11. The van der Waals surface area contributed by atoms with Crippen molar-refractivity contribution >= 4 is 34.2 Å². The summed E-state index contributed by atoms with van der Waals surface area (Å²) in [6, 6.07) is 0.982. The van der Waals surface area contributed by atoms with Crippen molar-refractivity contribution in [2.75, 3.05) is 0 Å². The summed E-state index contributed by atoms with van der Waals surface area (Å²) in [5.74, 6) is -0.829. The fourth-order valence-electron chi connectivity index (χ4n) is 0.613. The van der Waals surface area contributed by atoms with Gasteiger partial charge in [0.2, 0.25) is 5.95 Å². The number of halogens is 5. The van der Waals surface area contributed by atoms with Gasteiger partial charge in [-0.3, -0.25) is 0 Å². The predicted molar refractivity (Wildman–Crippen MR) is 46.9 cm³/mol. The van der Waals surface area contributed by atoms with Crippen molar-refractivity contribution < 1.29 is 13.2 Å². The van der Waals surface area contributed by atoms with Gasteiger partial charge >= 0.3 is 0 Å². The highest BCUT2D eigenvalue weighted by Crippen LogP contribution is 2.27. The lowest BCUT2D eigenvalue weighted by molar-refractivity contribution is 0.151. The van der Waals surface area contributed by atoms with Crippen molar-refractivity contribution in [3.05, 3.63) is 26.3 Å². The summed E-state index contributed by atoms with van der Waals surface area (Å²) in [7, 11) is 0. The minimum Gasteiger partial charge on any atom is -0.206 e. The van der Waals surface area contributed by atoms with E-state index in [1.165, 1.54) is 0 Å². The molecule has 0 radical (unpaired) electrons. The lowest BCUT2D eigenvalue weighted by Gasteiger charge is -2.02. The van der Waals surface area contributed by atoms with Crippen LogP contribution in [0.2, 0.25) is 5.15 Å². The van der Waals surface area contributed by atoms with Gasteiger partial charge in [0.05, 0.1) is 9.13 Å². The average Bonchev–Trinajstić information content (AvgIpc) is 1.96. The maximum atomic E-state index is 12.6. The Morgan fingerprint density at radius 1 is 1.50 bits per heavy atom. The van der Waals surface area contributed by atoms with Crippen LogP contribution in [-0.2, 0) is 0 Å². The number of hydrogen-bond acceptors (Lipinski definition) is 1. The van der Waals surface area contributed by atoms with E-state index in [9.17, 15) is 13.2 Å². The van der Waals surface area contributed by atoms with Gasteiger partial charge in [0.1, 0.15) is 5.15 Å². The van der Waals surface area contributed by atoms with Crippen molar-refractivity contribution in [3.8, 4) is 0 Å². The van der Waals surface area contributed by atoms with Crippen molar-refractivity contribution in [1.29, 1.82) is 0 Å². The highest BCUT2D eigenvalue weighted by molar-refractivity contribution is 14.1. The molecule has 0 fully saturated rings. The molecule has 1 nitrogen and oxygen atoms in total. The van der Waals surface area contributed by atoms with Crippen LogP contribution in [0.4, 0.5) is 13.2 Å². The van der Waals surface area contributed by atoms with E-state index in [1.54, 1.807) is 22.6 Å². The number of alkyl halides is 2. The first-order valence-electron chi connectivity index (χ1n) is 2.82. The molecule has 0 spiro atoms. The molecule has 12 heavy (non-hydrogen) atoms. The second kappa shape index (κ2) is 3.78. The maximum absolute atomic E-state index is 12.6. The Kier molecular flexibility index (Phi) is 3.16. The Morgan fingerprint density at radius 3 is 2.58 bits per heavy atom. The average molecular weight is 307 g/mol. The van der Waals surface area contributed by atoms with Crippen LogP contribution in [0, 0.1) is 9.52 Å². The first kappa shape index (κ1) is 10.0. The number of nitrogens with zero attached hydrogens (tertiary/aromatic N) is 1. The molecule has 0 aliphatic carbocycles. The number of pyridine rings is 1. The van der Waals surface area contributed by atoms with Crippen molar-refractivity contribution in [3.63, 3.8) is 0 Å². The molecular weight excluding hydrogens is 305 g/mol. The molecule has 0 amide bonds. The van der Waals surface area contributed by atoms with Crippen LogP contribution in [0.25, 0.3) is 0 Å². The van der Waals surface area contributed by atoms with Crippen LogP contribution in [0.1, 0.15) is 12.0 Å². The number of hydrogen-bond donors (Lipinski definition) is 0. The Hall–Kier alpha value is -0.0400. The SMILES string of the molecule is Fc1nc(Cl)c(C(F)F)cc1I. The van der Waals surface area contributed by atoms with Gasteiger partial charge in [-0.2, -0.15) is 4.39 Å². The summed E-state index contributed by atoms with van der Waals surface area (Å²) in [6.07, 6.45) is -2.72. The highest BCUT2D eigenvalue weighted by atomic mass is 127. The second-order valence-corrected chi connectivity index (χ2v) is 3.46. The lowest BCUT2D eigenvalue weighted by Crippen LogP contribution is -1.95. The van der Waals surface area contributed by atoms with Crippen molar-refractivity contribution in [2.24, 2.45) is 0 Å². The van der Waals surface area contributed by atoms with Crippen LogP contribution >= 0.6 is 34.2 Å². The predicted octanol–water partition coefficient (Wildman–Crippen LogP) is 3.42. The van der Waals surface area contributed by atoms with E-state index in [2.05, 4.69) is 4.98 Å². The molecule has 1 heterocycles. The summed E-state index contributed by atoms with van der Waals surface area (Å²) in [6.45, 7) is 0. The lowest BCUT2D eigenvalue weighted by atomic mass is 10.3. The Bertz CT molecular complexity index is 305. The number of rotatable bonds is 1. The van der Waals surface area contributed by atoms with Crippen molar-refractivity contribution in [2.45, 2.75) is 6.43 Å². The fraction of sp³-hybridized carbons (Fsp3) is 0.167. The van der Waals surface area contributed by atoms with Crippen LogP contribution < -0.4 is 0 Å². The highest BCUT2D eigenvalue weighted by Gasteiger charge is 2.15. The molecular formula is C6H2ClF3IN. The summed E-state index contributed by atoms with van der Waals surface area (Å²) in [5, 5.41) is -0.483. The van der Waals surface area contributed by atoms with Gasteiger partial charge in [0.25, 0.3) is 6.43 Å². The fourth-order valence-corrected chi connectivity index (χ4v) is 1.28. The summed E-state index contributed by atoms with van der Waals surface area (Å²) >= 11 is 6.83. The van der Waals surface area contributed by atoms with Gasteiger partial charge in [-0.25, -0.2) is 13.8 Å². The van der Waals surface area contributed by atoms with Gasteiger partial charge in [-0.1, -0.05) is 11.6 Å². The maximum Gasteiger partial charge on any atom is 0.266 e. The molecule has 0 atom stereocenters. The molecule has 0 aromatic carbocycles. The largest absolute Gasteiger partial charge is 0.266 e. The van der Waals surface area contributed by atoms with Gasteiger partial charge in [0, 0.05) is 0 Å². The molecule has 0 N–H and O–H groups in total. The monoisotopic (exact) mass is 307 g/mol. The molecule has 0 unspecified atom stereocenters. The van der Waals surface area contributed by atoms with E-state index >= 15 is 0 Å². The van der Waals surface area contributed by atoms with Crippen LogP contribution in [0.5, 0.6) is 0 Å². The van der Waals surface area contributed by atoms with Gasteiger partial charge < -0.3 is 0 Å². The van der Waals surface area contributed by atoms with Crippen LogP contribution in [0.15, 0.2) is 6.07 Å². The zero-order valence-electron chi connectivity index (χ0n) is 5.49. The Balaban J connectivity index is 3.23. The zero-order chi connectivity index (χ0) is 9.30.